The maximum absolute atomic E-state index is 17.1. The molecule has 0 bridgehead atoms. The number of ether oxygens (including phenoxy) is 1. The van der Waals surface area contributed by atoms with Crippen LogP contribution in [0.15, 0.2) is 36.5 Å². The van der Waals surface area contributed by atoms with E-state index in [0.29, 0.717) is 29.9 Å². The van der Waals surface area contributed by atoms with E-state index in [1.54, 1.807) is 26.1 Å². The van der Waals surface area contributed by atoms with Crippen LogP contribution in [-0.4, -0.2) is 58.3 Å². The highest BCUT2D eigenvalue weighted by Gasteiger charge is 2.49. The lowest BCUT2D eigenvalue weighted by molar-refractivity contribution is -0.137. The number of benzene rings is 2. The molecule has 2 fully saturated rings. The number of fused-ring (bicyclic) bond motifs is 3. The SMILES string of the molecule is C[C@@H](c1cccnc1N)N(C)c1nc(OC[C@@]23CCCN2C[C@H](F)C3)nc2c(F)c(-c3ccc(F)c4sc(N)c(C#N)c34)c(C(F)(F)F)cc12. The van der Waals surface area contributed by atoms with Crippen molar-refractivity contribution < 1.29 is 31.1 Å². The number of hydrogen-bond acceptors (Lipinski definition) is 10. The van der Waals surface area contributed by atoms with Gasteiger partial charge in [-0.05, 0) is 50.1 Å². The molecule has 5 heterocycles. The number of hydrogen-bond donors (Lipinski definition) is 2. The van der Waals surface area contributed by atoms with Gasteiger partial charge in [0.15, 0.2) is 5.82 Å². The predicted octanol–water partition coefficient (Wildman–Crippen LogP) is 7.39. The molecule has 0 radical (unpaired) electrons. The van der Waals surface area contributed by atoms with Crippen LogP contribution in [0.1, 0.15) is 48.9 Å². The molecule has 2 saturated heterocycles. The van der Waals surface area contributed by atoms with Gasteiger partial charge in [0, 0.05) is 48.1 Å². The number of pyridine rings is 1. The Morgan fingerprint density at radius 1 is 1.22 bits per heavy atom. The summed E-state index contributed by atoms with van der Waals surface area (Å²) in [4.78, 5) is 16.4. The Morgan fingerprint density at radius 2 is 2.00 bits per heavy atom. The normalized spacial score (nSPS) is 19.9. The van der Waals surface area contributed by atoms with Crippen LogP contribution in [0.2, 0.25) is 0 Å². The molecule has 7 rings (SSSR count). The Morgan fingerprint density at radius 3 is 2.72 bits per heavy atom. The minimum atomic E-state index is -5.12. The predicted molar refractivity (Wildman–Crippen MR) is 178 cm³/mol. The molecule has 0 aliphatic carbocycles. The highest BCUT2D eigenvalue weighted by atomic mass is 32.1. The van der Waals surface area contributed by atoms with Gasteiger partial charge in [0.25, 0.3) is 0 Å². The van der Waals surface area contributed by atoms with Crippen LogP contribution < -0.4 is 21.1 Å². The molecule has 0 unspecified atom stereocenters. The molecule has 0 spiro atoms. The van der Waals surface area contributed by atoms with Crippen molar-refractivity contribution in [2.45, 2.75) is 50.1 Å². The lowest BCUT2D eigenvalue weighted by Crippen LogP contribution is -2.43. The summed E-state index contributed by atoms with van der Waals surface area (Å²) < 4.78 is 97.3. The Balaban J connectivity index is 1.47. The standard InChI is InChI=1S/C34H30F6N8OS/c1-16(18-5-3-9-44-29(18)42)47(2)31-20-11-22(34(38,39)40)25(19-6-7-23(36)28-24(19)21(13-41)30(43)50-28)26(37)27(20)45-32(46-31)49-15-33-8-4-10-48(33)14-17(35)12-33/h3,5-7,9,11,16-17H,4,8,10,12,14-15,43H2,1-2H3,(H2,42,44)/t16-,17+,33-/m0/s1. The van der Waals surface area contributed by atoms with Crippen molar-refractivity contribution >= 4 is 49.0 Å². The molecule has 4 N–H and O–H groups in total. The van der Waals surface area contributed by atoms with E-state index in [-0.39, 0.29) is 68.8 Å². The van der Waals surface area contributed by atoms with Crippen molar-refractivity contribution in [3.05, 3.63) is 64.9 Å². The van der Waals surface area contributed by atoms with E-state index >= 15 is 4.39 Å². The molecule has 9 nitrogen and oxygen atoms in total. The Kier molecular flexibility index (Phi) is 8.18. The summed E-state index contributed by atoms with van der Waals surface area (Å²) in [7, 11) is 1.56. The monoisotopic (exact) mass is 712 g/mol. The van der Waals surface area contributed by atoms with Crippen LogP contribution in [0.4, 0.5) is 43.0 Å². The molecule has 50 heavy (non-hydrogen) atoms. The van der Waals surface area contributed by atoms with Crippen molar-refractivity contribution in [1.29, 1.82) is 5.26 Å². The second-order valence-electron chi connectivity index (χ2n) is 12.7. The third kappa shape index (κ3) is 5.39. The number of alkyl halides is 4. The highest BCUT2D eigenvalue weighted by Crippen LogP contribution is 2.48. The Bertz CT molecular complexity index is 2200. The van der Waals surface area contributed by atoms with E-state index < -0.39 is 52.2 Å². The fourth-order valence-corrected chi connectivity index (χ4v) is 8.29. The van der Waals surface area contributed by atoms with E-state index in [9.17, 15) is 27.2 Å². The third-order valence-electron chi connectivity index (χ3n) is 9.86. The Labute approximate surface area is 286 Å². The second-order valence-corrected chi connectivity index (χ2v) is 13.8. The molecule has 2 aromatic carbocycles. The lowest BCUT2D eigenvalue weighted by Gasteiger charge is -2.31. The number of nitrogen functional groups attached to an aromatic ring is 2. The van der Waals surface area contributed by atoms with Crippen LogP contribution in [0, 0.1) is 23.0 Å². The van der Waals surface area contributed by atoms with Gasteiger partial charge in [0.05, 0.1) is 27.4 Å². The van der Waals surface area contributed by atoms with Gasteiger partial charge in [-0.2, -0.15) is 28.4 Å². The summed E-state index contributed by atoms with van der Waals surface area (Å²) in [5.74, 6) is -2.14. The second kappa shape index (κ2) is 12.2. The van der Waals surface area contributed by atoms with Crippen LogP contribution in [0.3, 0.4) is 0 Å². The first-order valence-electron chi connectivity index (χ1n) is 15.7. The van der Waals surface area contributed by atoms with Crippen molar-refractivity contribution in [2.75, 3.05) is 43.1 Å². The lowest BCUT2D eigenvalue weighted by atomic mass is 9.92. The summed E-state index contributed by atoms with van der Waals surface area (Å²) in [6, 6.07) is 6.84. The largest absolute Gasteiger partial charge is 0.461 e. The van der Waals surface area contributed by atoms with E-state index in [1.165, 1.54) is 11.1 Å². The van der Waals surface area contributed by atoms with Crippen molar-refractivity contribution in [3.63, 3.8) is 0 Å². The van der Waals surface area contributed by atoms with Gasteiger partial charge in [-0.1, -0.05) is 12.1 Å². The van der Waals surface area contributed by atoms with E-state index in [1.807, 2.05) is 11.0 Å². The molecule has 3 atom stereocenters. The highest BCUT2D eigenvalue weighted by molar-refractivity contribution is 7.23. The fraction of sp³-hybridized carbons (Fsp3) is 0.353. The van der Waals surface area contributed by atoms with Crippen molar-refractivity contribution in [1.82, 2.24) is 19.9 Å². The van der Waals surface area contributed by atoms with E-state index in [0.717, 1.165) is 24.6 Å². The van der Waals surface area contributed by atoms with Crippen LogP contribution in [0.5, 0.6) is 6.01 Å². The number of halogens is 6. The average molecular weight is 713 g/mol. The molecule has 260 valence electrons. The van der Waals surface area contributed by atoms with Gasteiger partial charge in [0.2, 0.25) is 0 Å². The summed E-state index contributed by atoms with van der Waals surface area (Å²) >= 11 is 0.677. The molecule has 5 aromatic rings. The maximum atomic E-state index is 17.1. The van der Waals surface area contributed by atoms with Crippen LogP contribution in [0.25, 0.3) is 32.1 Å². The van der Waals surface area contributed by atoms with Crippen LogP contribution >= 0.6 is 11.3 Å². The molecular formula is C34H30F6N8OS. The molecule has 0 amide bonds. The molecule has 3 aromatic heterocycles. The van der Waals surface area contributed by atoms with Crippen molar-refractivity contribution in [2.24, 2.45) is 0 Å². The first-order chi connectivity index (χ1) is 23.7. The summed E-state index contributed by atoms with van der Waals surface area (Å²) in [5, 5.41) is 9.15. The van der Waals surface area contributed by atoms with Gasteiger partial charge in [-0.3, -0.25) is 4.90 Å². The summed E-state index contributed by atoms with van der Waals surface area (Å²) in [5.41, 5.74) is 8.48. The number of anilines is 3. The van der Waals surface area contributed by atoms with Gasteiger partial charge < -0.3 is 21.1 Å². The van der Waals surface area contributed by atoms with Crippen LogP contribution in [-0.2, 0) is 6.18 Å². The van der Waals surface area contributed by atoms with Gasteiger partial charge in [0.1, 0.15) is 46.8 Å². The first kappa shape index (κ1) is 33.6. The minimum Gasteiger partial charge on any atom is -0.461 e. The minimum absolute atomic E-state index is 0.0272. The zero-order chi connectivity index (χ0) is 35.7. The van der Waals surface area contributed by atoms with Crippen molar-refractivity contribution in [3.8, 4) is 23.2 Å². The topological polar surface area (TPSA) is 130 Å². The summed E-state index contributed by atoms with van der Waals surface area (Å²) in [6.45, 7) is 2.64. The fourth-order valence-electron chi connectivity index (χ4n) is 7.34. The number of thiophene rings is 1. The quantitative estimate of drug-likeness (QED) is 0.166. The molecule has 0 saturated carbocycles. The van der Waals surface area contributed by atoms with E-state index in [4.69, 9.17) is 16.2 Å². The zero-order valence-electron chi connectivity index (χ0n) is 26.8. The van der Waals surface area contributed by atoms with Gasteiger partial charge in [-0.15, -0.1) is 11.3 Å². The van der Waals surface area contributed by atoms with Gasteiger partial charge in [-0.25, -0.2) is 18.2 Å². The number of nitrogens with zero attached hydrogens (tertiary/aromatic N) is 6. The maximum Gasteiger partial charge on any atom is 0.417 e. The molecular weight excluding hydrogens is 682 g/mol. The average Bonchev–Trinajstić information content (AvgIpc) is 3.72. The molecule has 2 aliphatic rings. The zero-order valence-corrected chi connectivity index (χ0v) is 27.6. The Hall–Kier alpha value is -4.88. The summed E-state index contributed by atoms with van der Waals surface area (Å²) in [6.07, 6.45) is -2.98. The number of aromatic nitrogens is 3. The first-order valence-corrected chi connectivity index (χ1v) is 16.5. The number of nitriles is 1. The van der Waals surface area contributed by atoms with Gasteiger partial charge >= 0.3 is 12.2 Å². The van der Waals surface area contributed by atoms with E-state index in [2.05, 4.69) is 15.0 Å². The third-order valence-corrected chi connectivity index (χ3v) is 10.9. The smallest absolute Gasteiger partial charge is 0.417 e. The number of rotatable bonds is 7. The molecule has 16 heteroatoms. The number of nitrogens with two attached hydrogens (primary N) is 2. The molecule has 2 aliphatic heterocycles.